The van der Waals surface area contributed by atoms with Crippen molar-refractivity contribution < 1.29 is 28.6 Å². The lowest BCUT2D eigenvalue weighted by Crippen LogP contribution is -2.48. The number of amides is 1. The molecule has 4 rings (SSSR count). The van der Waals surface area contributed by atoms with Crippen LogP contribution in [0.2, 0.25) is 0 Å². The molecule has 0 saturated heterocycles. The number of carbonyl (C=O) groups excluding carboxylic acids is 3. The van der Waals surface area contributed by atoms with E-state index in [9.17, 15) is 14.4 Å². The highest BCUT2D eigenvalue weighted by atomic mass is 16.5. The number of fused-ring (bicyclic) bond motifs is 2. The SMILES string of the molecule is C=CCOC(=O)C1=C(N)OC(C)=C(C(=O)OCc2ccccc2)C12C(=O)Nc1ccccc12. The Morgan fingerprint density at radius 3 is 2.45 bits per heavy atom. The van der Waals surface area contributed by atoms with Crippen molar-refractivity contribution in [1.29, 1.82) is 0 Å². The first kappa shape index (κ1) is 21.9. The Bertz CT molecular complexity index is 1210. The Hall–Kier alpha value is -4.33. The number of hydrogen-bond acceptors (Lipinski definition) is 7. The first-order valence-electron chi connectivity index (χ1n) is 10.2. The van der Waals surface area contributed by atoms with Gasteiger partial charge in [-0.25, -0.2) is 9.59 Å². The van der Waals surface area contributed by atoms with E-state index in [0.29, 0.717) is 11.3 Å². The minimum atomic E-state index is -1.89. The van der Waals surface area contributed by atoms with Crippen LogP contribution in [0.25, 0.3) is 0 Å². The molecule has 2 aliphatic rings. The van der Waals surface area contributed by atoms with Gasteiger partial charge in [-0.1, -0.05) is 61.2 Å². The number of esters is 2. The van der Waals surface area contributed by atoms with Gasteiger partial charge < -0.3 is 25.3 Å². The second-order valence-corrected chi connectivity index (χ2v) is 7.47. The predicted molar refractivity (Wildman–Crippen MR) is 119 cm³/mol. The smallest absolute Gasteiger partial charge is 0.341 e. The zero-order chi connectivity index (χ0) is 23.6. The summed E-state index contributed by atoms with van der Waals surface area (Å²) in [5.74, 6) is -2.62. The lowest BCUT2D eigenvalue weighted by atomic mass is 9.67. The van der Waals surface area contributed by atoms with Crippen molar-refractivity contribution in [2.75, 3.05) is 11.9 Å². The number of carbonyl (C=O) groups is 3. The minimum absolute atomic E-state index is 0.0365. The van der Waals surface area contributed by atoms with Crippen molar-refractivity contribution >= 4 is 23.5 Å². The van der Waals surface area contributed by atoms with Gasteiger partial charge >= 0.3 is 11.9 Å². The maximum atomic E-state index is 13.6. The van der Waals surface area contributed by atoms with Crippen LogP contribution in [-0.4, -0.2) is 24.5 Å². The summed E-state index contributed by atoms with van der Waals surface area (Å²) in [4.78, 5) is 40.1. The summed E-state index contributed by atoms with van der Waals surface area (Å²) in [6, 6.07) is 15.8. The van der Waals surface area contributed by atoms with Gasteiger partial charge in [-0.15, -0.1) is 0 Å². The maximum Gasteiger partial charge on any atom is 0.341 e. The Morgan fingerprint density at radius 2 is 1.73 bits per heavy atom. The lowest BCUT2D eigenvalue weighted by Gasteiger charge is -2.35. The Labute approximate surface area is 190 Å². The zero-order valence-corrected chi connectivity index (χ0v) is 17.9. The van der Waals surface area contributed by atoms with Gasteiger partial charge in [0.15, 0.2) is 0 Å². The van der Waals surface area contributed by atoms with E-state index in [2.05, 4.69) is 11.9 Å². The van der Waals surface area contributed by atoms with Gasteiger partial charge in [0, 0.05) is 11.3 Å². The fraction of sp³-hybridized carbons (Fsp3) is 0.160. The molecular weight excluding hydrogens is 424 g/mol. The largest absolute Gasteiger partial charge is 0.458 e. The third-order valence-corrected chi connectivity index (χ3v) is 5.48. The van der Waals surface area contributed by atoms with Crippen LogP contribution in [0.1, 0.15) is 18.1 Å². The van der Waals surface area contributed by atoms with E-state index >= 15 is 0 Å². The summed E-state index contributed by atoms with van der Waals surface area (Å²) >= 11 is 0. The Kier molecular flexibility index (Phi) is 5.74. The molecule has 2 aliphatic heterocycles. The fourth-order valence-electron chi connectivity index (χ4n) is 4.15. The predicted octanol–water partition coefficient (Wildman–Crippen LogP) is 2.82. The van der Waals surface area contributed by atoms with Crippen molar-refractivity contribution in [3.63, 3.8) is 0 Å². The zero-order valence-electron chi connectivity index (χ0n) is 17.9. The van der Waals surface area contributed by atoms with Crippen molar-refractivity contribution in [3.8, 4) is 0 Å². The number of ether oxygens (including phenoxy) is 3. The molecule has 2 heterocycles. The molecule has 2 aromatic rings. The first-order chi connectivity index (χ1) is 15.9. The molecule has 0 aromatic heterocycles. The highest BCUT2D eigenvalue weighted by molar-refractivity contribution is 6.21. The Balaban J connectivity index is 1.85. The average Bonchev–Trinajstić information content (AvgIpc) is 3.08. The topological polar surface area (TPSA) is 117 Å². The van der Waals surface area contributed by atoms with Crippen molar-refractivity contribution in [2.45, 2.75) is 18.9 Å². The maximum absolute atomic E-state index is 13.6. The Morgan fingerprint density at radius 1 is 1.06 bits per heavy atom. The summed E-state index contributed by atoms with van der Waals surface area (Å²) in [6.45, 7) is 4.86. The molecular formula is C25H22N2O6. The molecule has 1 unspecified atom stereocenters. The number of nitrogens with one attached hydrogen (secondary N) is 1. The average molecular weight is 446 g/mol. The minimum Gasteiger partial charge on any atom is -0.458 e. The molecule has 1 amide bonds. The van der Waals surface area contributed by atoms with E-state index in [4.69, 9.17) is 19.9 Å². The third-order valence-electron chi connectivity index (χ3n) is 5.48. The quantitative estimate of drug-likeness (QED) is 0.518. The molecule has 2 aromatic carbocycles. The van der Waals surface area contributed by atoms with Gasteiger partial charge in [0.05, 0.1) is 0 Å². The van der Waals surface area contributed by atoms with Crippen LogP contribution in [0, 0.1) is 0 Å². The molecule has 168 valence electrons. The second-order valence-electron chi connectivity index (χ2n) is 7.47. The number of allylic oxidation sites excluding steroid dienone is 1. The van der Waals surface area contributed by atoms with E-state index in [1.165, 1.54) is 13.0 Å². The number of benzene rings is 2. The van der Waals surface area contributed by atoms with Gasteiger partial charge in [0.2, 0.25) is 11.8 Å². The van der Waals surface area contributed by atoms with E-state index in [1.807, 2.05) is 18.2 Å². The fourth-order valence-corrected chi connectivity index (χ4v) is 4.15. The van der Waals surface area contributed by atoms with Gasteiger partial charge in [-0.3, -0.25) is 4.79 Å². The van der Waals surface area contributed by atoms with Crippen molar-refractivity contribution in [1.82, 2.24) is 0 Å². The number of hydrogen-bond donors (Lipinski definition) is 2. The van der Waals surface area contributed by atoms with E-state index in [0.717, 1.165) is 5.56 Å². The highest BCUT2D eigenvalue weighted by Crippen LogP contribution is 2.52. The molecule has 0 fully saturated rings. The number of rotatable bonds is 6. The molecule has 33 heavy (non-hydrogen) atoms. The van der Waals surface area contributed by atoms with Gasteiger partial charge in [0.1, 0.15) is 35.5 Å². The number of anilines is 1. The summed E-state index contributed by atoms with van der Waals surface area (Å²) in [5, 5.41) is 2.74. The van der Waals surface area contributed by atoms with Crippen LogP contribution in [0.3, 0.4) is 0 Å². The molecule has 1 spiro atoms. The van der Waals surface area contributed by atoms with Crippen LogP contribution in [0.15, 0.2) is 90.0 Å². The number of nitrogens with two attached hydrogens (primary N) is 1. The summed E-state index contributed by atoms with van der Waals surface area (Å²) in [7, 11) is 0. The van der Waals surface area contributed by atoms with Gasteiger partial charge in [-0.2, -0.15) is 0 Å². The van der Waals surface area contributed by atoms with Crippen LogP contribution in [0.5, 0.6) is 0 Å². The normalized spacial score (nSPS) is 19.0. The van der Waals surface area contributed by atoms with Crippen LogP contribution < -0.4 is 11.1 Å². The summed E-state index contributed by atoms with van der Waals surface area (Å²) in [5.41, 5.74) is 5.35. The molecule has 0 aliphatic carbocycles. The lowest BCUT2D eigenvalue weighted by molar-refractivity contribution is -0.144. The van der Waals surface area contributed by atoms with Crippen molar-refractivity contribution in [2.24, 2.45) is 5.73 Å². The van der Waals surface area contributed by atoms with E-state index in [1.54, 1.807) is 36.4 Å². The molecule has 0 bridgehead atoms. The standard InChI is InChI=1S/C25H22N2O6/c1-3-13-31-23(29)20-21(26)33-15(2)19(22(28)32-14-16-9-5-4-6-10-16)25(20)17-11-7-8-12-18(17)27-24(25)30/h3-12H,1,13-14,26H2,2H3,(H,27,30). The summed E-state index contributed by atoms with van der Waals surface area (Å²) in [6.07, 6.45) is 1.38. The molecule has 8 heteroatoms. The first-order valence-corrected chi connectivity index (χ1v) is 10.2. The monoisotopic (exact) mass is 446 g/mol. The van der Waals surface area contributed by atoms with Gasteiger partial charge in [0.25, 0.3) is 0 Å². The van der Waals surface area contributed by atoms with Crippen LogP contribution in [-0.2, 0) is 40.6 Å². The summed E-state index contributed by atoms with van der Waals surface area (Å²) < 4.78 is 16.3. The molecule has 0 radical (unpaired) electrons. The third kappa shape index (κ3) is 3.55. The second kappa shape index (κ2) is 8.66. The van der Waals surface area contributed by atoms with Gasteiger partial charge in [-0.05, 0) is 18.6 Å². The van der Waals surface area contributed by atoms with Crippen LogP contribution >= 0.6 is 0 Å². The number of para-hydroxylation sites is 1. The molecule has 0 saturated carbocycles. The van der Waals surface area contributed by atoms with E-state index in [-0.39, 0.29) is 36.0 Å². The van der Waals surface area contributed by atoms with Crippen molar-refractivity contribution in [3.05, 3.63) is 101 Å². The molecule has 3 N–H and O–H groups in total. The van der Waals surface area contributed by atoms with E-state index < -0.39 is 23.3 Å². The van der Waals surface area contributed by atoms with Crippen LogP contribution in [0.4, 0.5) is 5.69 Å². The highest BCUT2D eigenvalue weighted by Gasteiger charge is 2.61. The molecule has 1 atom stereocenters. The molecule has 8 nitrogen and oxygen atoms in total.